The van der Waals surface area contributed by atoms with Crippen LogP contribution in [0.4, 0.5) is 0 Å². The summed E-state index contributed by atoms with van der Waals surface area (Å²) in [6, 6.07) is 3.44. The summed E-state index contributed by atoms with van der Waals surface area (Å²) in [5, 5.41) is 9.56. The second-order valence-corrected chi connectivity index (χ2v) is 5.23. The molecule has 0 aliphatic rings. The van der Waals surface area contributed by atoms with Crippen LogP contribution in [0.1, 0.15) is 21.8 Å². The van der Waals surface area contributed by atoms with Crippen LogP contribution in [0.2, 0.25) is 0 Å². The molecule has 8 nitrogen and oxygen atoms in total. The summed E-state index contributed by atoms with van der Waals surface area (Å²) in [6.07, 6.45) is 3.24. The van der Waals surface area contributed by atoms with Crippen molar-refractivity contribution in [3.05, 3.63) is 34.3 Å². The summed E-state index contributed by atoms with van der Waals surface area (Å²) < 4.78 is 1.42. The van der Waals surface area contributed by atoms with E-state index < -0.39 is 0 Å². The average Bonchev–Trinajstić information content (AvgIpc) is 3.14. The topological polar surface area (TPSA) is 115 Å². The van der Waals surface area contributed by atoms with Crippen molar-refractivity contribution >= 4 is 23.2 Å². The summed E-state index contributed by atoms with van der Waals surface area (Å²) in [7, 11) is 0. The lowest BCUT2D eigenvalue weighted by Gasteiger charge is -2.05. The van der Waals surface area contributed by atoms with Crippen molar-refractivity contribution in [2.75, 3.05) is 6.54 Å². The number of aryl methyl sites for hydroxylation is 1. The fourth-order valence-electron chi connectivity index (χ4n) is 1.60. The van der Waals surface area contributed by atoms with Crippen molar-refractivity contribution in [1.29, 1.82) is 0 Å². The van der Waals surface area contributed by atoms with Crippen LogP contribution in [0.5, 0.6) is 0 Å². The van der Waals surface area contributed by atoms with E-state index in [4.69, 9.17) is 5.73 Å². The fraction of sp³-hybridized carbons (Fsp3) is 0.333. The average molecular weight is 308 g/mol. The van der Waals surface area contributed by atoms with Crippen molar-refractivity contribution in [1.82, 2.24) is 25.8 Å². The van der Waals surface area contributed by atoms with Gasteiger partial charge in [-0.05, 0) is 30.8 Å². The van der Waals surface area contributed by atoms with E-state index in [-0.39, 0.29) is 18.4 Å². The molecule has 112 valence electrons. The van der Waals surface area contributed by atoms with E-state index in [1.54, 1.807) is 23.7 Å². The number of hydrogen-bond acceptors (Lipinski definition) is 6. The Balaban J connectivity index is 1.76. The lowest BCUT2D eigenvalue weighted by Crippen LogP contribution is -2.43. The van der Waals surface area contributed by atoms with Crippen molar-refractivity contribution in [2.45, 2.75) is 19.4 Å². The first-order valence-electron chi connectivity index (χ1n) is 6.41. The first kappa shape index (κ1) is 15.1. The number of aromatic nitrogens is 3. The standard InChI is InChI=1S/C12H16N6O2S/c13-5-1-3-9-7-18(17-14-9)8-11(19)15-16-12(20)10-4-2-6-21-10/h2,4,6-7H,1,3,5,8,13H2,(H,15,19)(H,16,20). The number of carbonyl (C=O) groups is 2. The zero-order valence-corrected chi connectivity index (χ0v) is 12.1. The number of nitrogens with one attached hydrogen (secondary N) is 2. The molecule has 0 aromatic carbocycles. The van der Waals surface area contributed by atoms with Crippen LogP contribution in [0.3, 0.4) is 0 Å². The van der Waals surface area contributed by atoms with Gasteiger partial charge in [0.15, 0.2) is 0 Å². The lowest BCUT2D eigenvalue weighted by molar-refractivity contribution is -0.122. The largest absolute Gasteiger partial charge is 0.330 e. The molecule has 0 saturated heterocycles. The van der Waals surface area contributed by atoms with Crippen LogP contribution in [0.15, 0.2) is 23.7 Å². The second-order valence-electron chi connectivity index (χ2n) is 4.28. The predicted octanol–water partition coefficient (Wildman–Crippen LogP) is -0.308. The Bertz CT molecular complexity index is 595. The molecule has 0 fully saturated rings. The first-order valence-corrected chi connectivity index (χ1v) is 7.29. The predicted molar refractivity (Wildman–Crippen MR) is 77.3 cm³/mol. The van der Waals surface area contributed by atoms with Gasteiger partial charge in [0.1, 0.15) is 6.54 Å². The summed E-state index contributed by atoms with van der Waals surface area (Å²) >= 11 is 1.30. The van der Waals surface area contributed by atoms with Crippen LogP contribution >= 0.6 is 11.3 Å². The Morgan fingerprint density at radius 1 is 1.38 bits per heavy atom. The van der Waals surface area contributed by atoms with Gasteiger partial charge in [0.25, 0.3) is 11.8 Å². The van der Waals surface area contributed by atoms with E-state index in [0.29, 0.717) is 11.4 Å². The van der Waals surface area contributed by atoms with Crippen LogP contribution in [0, 0.1) is 0 Å². The van der Waals surface area contributed by atoms with Gasteiger partial charge in [-0.15, -0.1) is 16.4 Å². The van der Waals surface area contributed by atoms with Crippen LogP contribution in [-0.4, -0.2) is 33.4 Å². The van der Waals surface area contributed by atoms with Gasteiger partial charge >= 0.3 is 0 Å². The molecule has 0 aliphatic heterocycles. The van der Waals surface area contributed by atoms with Crippen LogP contribution in [-0.2, 0) is 17.8 Å². The highest BCUT2D eigenvalue weighted by molar-refractivity contribution is 7.12. The normalized spacial score (nSPS) is 10.3. The highest BCUT2D eigenvalue weighted by Crippen LogP contribution is 2.06. The number of amides is 2. The SMILES string of the molecule is NCCCc1cn(CC(=O)NNC(=O)c2cccs2)nn1. The molecule has 0 aliphatic carbocycles. The van der Waals surface area contributed by atoms with Gasteiger partial charge in [-0.25, -0.2) is 4.68 Å². The van der Waals surface area contributed by atoms with Crippen molar-refractivity contribution < 1.29 is 9.59 Å². The van der Waals surface area contributed by atoms with E-state index >= 15 is 0 Å². The minimum absolute atomic E-state index is 0.0135. The molecule has 2 heterocycles. The van der Waals surface area contributed by atoms with Gasteiger partial charge in [-0.3, -0.25) is 20.4 Å². The molecule has 9 heteroatoms. The van der Waals surface area contributed by atoms with Gasteiger partial charge in [-0.1, -0.05) is 11.3 Å². The molecule has 2 aromatic rings. The van der Waals surface area contributed by atoms with Crippen LogP contribution in [0.25, 0.3) is 0 Å². The van der Waals surface area contributed by atoms with E-state index in [0.717, 1.165) is 18.5 Å². The minimum Gasteiger partial charge on any atom is -0.330 e. The molecular weight excluding hydrogens is 292 g/mol. The maximum Gasteiger partial charge on any atom is 0.279 e. The van der Waals surface area contributed by atoms with E-state index in [9.17, 15) is 9.59 Å². The number of nitrogens with zero attached hydrogens (tertiary/aromatic N) is 3. The van der Waals surface area contributed by atoms with Crippen molar-refractivity contribution in [3.63, 3.8) is 0 Å². The Kier molecular flexibility index (Phi) is 5.41. The maximum atomic E-state index is 11.7. The molecule has 0 radical (unpaired) electrons. The molecule has 2 amide bonds. The fourth-order valence-corrected chi connectivity index (χ4v) is 2.21. The van der Waals surface area contributed by atoms with Gasteiger partial charge in [0.05, 0.1) is 10.6 Å². The van der Waals surface area contributed by atoms with Gasteiger partial charge in [0, 0.05) is 6.20 Å². The minimum atomic E-state index is -0.379. The molecule has 21 heavy (non-hydrogen) atoms. The molecule has 2 rings (SSSR count). The summed E-state index contributed by atoms with van der Waals surface area (Å²) in [6.45, 7) is 0.572. The third kappa shape index (κ3) is 4.65. The smallest absolute Gasteiger partial charge is 0.279 e. The molecular formula is C12H16N6O2S. The number of hydrogen-bond donors (Lipinski definition) is 3. The zero-order chi connectivity index (χ0) is 15.1. The molecule has 0 saturated carbocycles. The number of rotatable bonds is 6. The highest BCUT2D eigenvalue weighted by atomic mass is 32.1. The Labute approximate surface area is 125 Å². The van der Waals surface area contributed by atoms with E-state index in [1.807, 2.05) is 0 Å². The number of carbonyl (C=O) groups excluding carboxylic acids is 2. The van der Waals surface area contributed by atoms with E-state index in [1.165, 1.54) is 16.0 Å². The van der Waals surface area contributed by atoms with Gasteiger partial charge in [0.2, 0.25) is 0 Å². The van der Waals surface area contributed by atoms with E-state index in [2.05, 4.69) is 21.2 Å². The number of nitrogens with two attached hydrogens (primary N) is 1. The molecule has 0 atom stereocenters. The molecule has 2 aromatic heterocycles. The summed E-state index contributed by atoms with van der Waals surface area (Å²) in [5.41, 5.74) is 10.9. The molecule has 4 N–H and O–H groups in total. The third-order valence-electron chi connectivity index (χ3n) is 2.59. The van der Waals surface area contributed by atoms with Crippen LogP contribution < -0.4 is 16.6 Å². The lowest BCUT2D eigenvalue weighted by atomic mass is 10.2. The maximum absolute atomic E-state index is 11.7. The molecule has 0 bridgehead atoms. The quantitative estimate of drug-likeness (QED) is 0.633. The number of thiophene rings is 1. The zero-order valence-electron chi connectivity index (χ0n) is 11.3. The summed E-state index contributed by atoms with van der Waals surface area (Å²) in [4.78, 5) is 23.8. The van der Waals surface area contributed by atoms with Crippen molar-refractivity contribution in [3.8, 4) is 0 Å². The highest BCUT2D eigenvalue weighted by Gasteiger charge is 2.09. The second kappa shape index (κ2) is 7.50. The van der Waals surface area contributed by atoms with Gasteiger partial charge < -0.3 is 5.73 Å². The Morgan fingerprint density at radius 2 is 2.24 bits per heavy atom. The van der Waals surface area contributed by atoms with Gasteiger partial charge in [-0.2, -0.15) is 0 Å². The number of hydrazine groups is 1. The summed E-state index contributed by atoms with van der Waals surface area (Å²) in [5.74, 6) is -0.726. The first-order chi connectivity index (χ1) is 10.2. The molecule has 0 spiro atoms. The monoisotopic (exact) mass is 308 g/mol. The van der Waals surface area contributed by atoms with Crippen molar-refractivity contribution in [2.24, 2.45) is 5.73 Å². The molecule has 0 unspecified atom stereocenters. The Hall–Kier alpha value is -2.26. The Morgan fingerprint density at radius 3 is 2.95 bits per heavy atom. The third-order valence-corrected chi connectivity index (χ3v) is 3.46.